The van der Waals surface area contributed by atoms with Gasteiger partial charge in [0.05, 0.1) is 17.4 Å². The van der Waals surface area contributed by atoms with Crippen molar-refractivity contribution >= 4 is 32.7 Å². The van der Waals surface area contributed by atoms with Gasteiger partial charge < -0.3 is 9.47 Å². The maximum atomic E-state index is 12.0. The second-order valence-corrected chi connectivity index (χ2v) is 6.79. The minimum Gasteiger partial charge on any atom is -0.334 e. The topological polar surface area (TPSA) is 98.3 Å². The van der Waals surface area contributed by atoms with Crippen molar-refractivity contribution < 1.29 is 13.2 Å². The molecule has 2 heterocycles. The third kappa shape index (κ3) is 2.06. The van der Waals surface area contributed by atoms with Crippen molar-refractivity contribution in [3.8, 4) is 0 Å². The molecule has 1 fully saturated rings. The van der Waals surface area contributed by atoms with E-state index in [2.05, 4.69) is 4.98 Å². The summed E-state index contributed by atoms with van der Waals surface area (Å²) in [6, 6.07) is 5.42. The first-order valence-corrected chi connectivity index (χ1v) is 7.70. The van der Waals surface area contributed by atoms with Crippen LogP contribution < -0.4 is 10.0 Å². The monoisotopic (exact) mass is 294 g/mol. The molecule has 1 amide bonds. The summed E-state index contributed by atoms with van der Waals surface area (Å²) in [4.78, 5) is 17.6. The number of hydrogen-bond acceptors (Lipinski definition) is 4. The van der Waals surface area contributed by atoms with Crippen LogP contribution in [0.3, 0.4) is 0 Å². The summed E-state index contributed by atoms with van der Waals surface area (Å²) >= 11 is 0. The van der Waals surface area contributed by atoms with Gasteiger partial charge in [-0.3, -0.25) is 4.79 Å². The fourth-order valence-corrected chi connectivity index (χ4v) is 3.17. The first-order valence-electron chi connectivity index (χ1n) is 6.09. The molecule has 2 aromatic rings. The zero-order chi connectivity index (χ0) is 14.5. The van der Waals surface area contributed by atoms with E-state index in [9.17, 15) is 13.2 Å². The number of nitrogens with zero attached hydrogens (tertiary/aromatic N) is 3. The van der Waals surface area contributed by atoms with Crippen LogP contribution in [0.5, 0.6) is 0 Å². The Morgan fingerprint density at radius 3 is 2.80 bits per heavy atom. The van der Waals surface area contributed by atoms with Crippen LogP contribution in [0.25, 0.3) is 11.0 Å². The lowest BCUT2D eigenvalue weighted by Crippen LogP contribution is -2.32. The van der Waals surface area contributed by atoms with Crippen LogP contribution in [0.4, 0.5) is 5.69 Å². The molecule has 2 N–H and O–H groups in total. The van der Waals surface area contributed by atoms with Crippen LogP contribution in [-0.4, -0.2) is 35.7 Å². The standard InChI is InChI=1S/C12H14N4O3S/c1-15-7-14-10-4-8(2-3-11(10)15)16-6-9(5-12(16)17)20(13,18)19/h2-4,7,9H,5-6H2,1H3,(H2,13,18,19). The molecule has 1 aromatic carbocycles. The number of fused-ring (bicyclic) bond motifs is 1. The second-order valence-electron chi connectivity index (χ2n) is 4.95. The Hall–Kier alpha value is -1.93. The number of primary sulfonamides is 1. The normalized spacial score (nSPS) is 20.0. The minimum atomic E-state index is -3.70. The number of hydrogen-bond donors (Lipinski definition) is 1. The number of benzene rings is 1. The Morgan fingerprint density at radius 1 is 1.40 bits per heavy atom. The summed E-state index contributed by atoms with van der Waals surface area (Å²) in [5.41, 5.74) is 2.35. The number of rotatable bonds is 2. The highest BCUT2D eigenvalue weighted by molar-refractivity contribution is 7.89. The van der Waals surface area contributed by atoms with Gasteiger partial charge in [-0.15, -0.1) is 0 Å². The van der Waals surface area contributed by atoms with Crippen molar-refractivity contribution in [3.63, 3.8) is 0 Å². The van der Waals surface area contributed by atoms with Crippen molar-refractivity contribution in [2.24, 2.45) is 12.2 Å². The number of carbonyl (C=O) groups is 1. The smallest absolute Gasteiger partial charge is 0.228 e. The van der Waals surface area contributed by atoms with Crippen LogP contribution >= 0.6 is 0 Å². The number of sulfonamides is 1. The van der Waals surface area contributed by atoms with Gasteiger partial charge in [0, 0.05) is 25.7 Å². The predicted molar refractivity (Wildman–Crippen MR) is 74.6 cm³/mol. The van der Waals surface area contributed by atoms with E-state index in [0.717, 1.165) is 11.0 Å². The highest BCUT2D eigenvalue weighted by atomic mass is 32.2. The average molecular weight is 294 g/mol. The largest absolute Gasteiger partial charge is 0.334 e. The van der Waals surface area contributed by atoms with Crippen molar-refractivity contribution in [2.75, 3.05) is 11.4 Å². The summed E-state index contributed by atoms with van der Waals surface area (Å²) in [5.74, 6) is -0.237. The van der Waals surface area contributed by atoms with Gasteiger partial charge in [0.15, 0.2) is 0 Å². The molecule has 7 nitrogen and oxygen atoms in total. The molecule has 0 aliphatic carbocycles. The van der Waals surface area contributed by atoms with E-state index in [-0.39, 0.29) is 18.9 Å². The Labute approximate surface area is 116 Å². The Balaban J connectivity index is 1.97. The number of aromatic nitrogens is 2. The molecule has 1 saturated heterocycles. The van der Waals surface area contributed by atoms with E-state index >= 15 is 0 Å². The van der Waals surface area contributed by atoms with E-state index in [1.165, 1.54) is 4.90 Å². The first kappa shape index (κ1) is 13.1. The number of imidazole rings is 1. The molecule has 8 heteroatoms. The van der Waals surface area contributed by atoms with Crippen LogP contribution in [0, 0.1) is 0 Å². The SMILES string of the molecule is Cn1cnc2cc(N3CC(S(N)(=O)=O)CC3=O)ccc21. The average Bonchev–Trinajstić information content (AvgIpc) is 2.93. The number of nitrogens with two attached hydrogens (primary N) is 1. The van der Waals surface area contributed by atoms with Crippen LogP contribution in [0.1, 0.15) is 6.42 Å². The van der Waals surface area contributed by atoms with Gasteiger partial charge in [-0.25, -0.2) is 18.5 Å². The summed E-state index contributed by atoms with van der Waals surface area (Å²) in [6.07, 6.45) is 1.62. The van der Waals surface area contributed by atoms with E-state index in [1.807, 2.05) is 17.7 Å². The van der Waals surface area contributed by atoms with Gasteiger partial charge >= 0.3 is 0 Å². The summed E-state index contributed by atoms with van der Waals surface area (Å²) in [5, 5.41) is 4.28. The summed E-state index contributed by atoms with van der Waals surface area (Å²) in [7, 11) is -1.82. The molecule has 3 rings (SSSR count). The van der Waals surface area contributed by atoms with Crippen molar-refractivity contribution in [1.29, 1.82) is 0 Å². The van der Waals surface area contributed by atoms with Gasteiger partial charge in [-0.1, -0.05) is 0 Å². The third-order valence-corrected chi connectivity index (χ3v) is 4.82. The molecule has 1 atom stereocenters. The molecule has 106 valence electrons. The number of aryl methyl sites for hydroxylation is 1. The lowest BCUT2D eigenvalue weighted by Gasteiger charge is -2.16. The zero-order valence-electron chi connectivity index (χ0n) is 10.9. The van der Waals surface area contributed by atoms with Crippen LogP contribution in [0.15, 0.2) is 24.5 Å². The van der Waals surface area contributed by atoms with Gasteiger partial charge in [0.2, 0.25) is 15.9 Å². The van der Waals surface area contributed by atoms with Crippen molar-refractivity contribution in [1.82, 2.24) is 9.55 Å². The lowest BCUT2D eigenvalue weighted by molar-refractivity contribution is -0.117. The molecule has 0 saturated carbocycles. The van der Waals surface area contributed by atoms with Gasteiger partial charge in [0.25, 0.3) is 0 Å². The highest BCUT2D eigenvalue weighted by Gasteiger charge is 2.37. The second kappa shape index (κ2) is 4.29. The molecule has 0 bridgehead atoms. The summed E-state index contributed by atoms with van der Waals surface area (Å²) < 4.78 is 24.6. The molecular weight excluding hydrogens is 280 g/mol. The number of amides is 1. The zero-order valence-corrected chi connectivity index (χ0v) is 11.7. The fraction of sp³-hybridized carbons (Fsp3) is 0.333. The highest BCUT2D eigenvalue weighted by Crippen LogP contribution is 2.26. The van der Waals surface area contributed by atoms with Gasteiger partial charge in [0.1, 0.15) is 5.25 Å². The molecular formula is C12H14N4O3S. The molecule has 1 aliphatic rings. The van der Waals surface area contributed by atoms with Gasteiger partial charge in [-0.05, 0) is 18.2 Å². The molecule has 1 aliphatic heterocycles. The molecule has 0 radical (unpaired) electrons. The van der Waals surface area contributed by atoms with E-state index < -0.39 is 15.3 Å². The Kier molecular flexibility index (Phi) is 2.80. The van der Waals surface area contributed by atoms with E-state index in [0.29, 0.717) is 5.69 Å². The first-order chi connectivity index (χ1) is 9.36. The minimum absolute atomic E-state index is 0.0703. The molecule has 1 unspecified atom stereocenters. The molecule has 1 aromatic heterocycles. The van der Waals surface area contributed by atoms with E-state index in [1.54, 1.807) is 18.5 Å². The molecule has 0 spiro atoms. The van der Waals surface area contributed by atoms with Crippen molar-refractivity contribution in [2.45, 2.75) is 11.7 Å². The fourth-order valence-electron chi connectivity index (χ4n) is 2.44. The number of carbonyl (C=O) groups excluding carboxylic acids is 1. The van der Waals surface area contributed by atoms with Gasteiger partial charge in [-0.2, -0.15) is 0 Å². The Morgan fingerprint density at radius 2 is 2.15 bits per heavy atom. The number of anilines is 1. The maximum Gasteiger partial charge on any atom is 0.228 e. The van der Waals surface area contributed by atoms with Crippen LogP contribution in [-0.2, 0) is 21.9 Å². The maximum absolute atomic E-state index is 12.0. The summed E-state index contributed by atoms with van der Waals surface area (Å²) in [6.45, 7) is 0.0933. The van der Waals surface area contributed by atoms with E-state index in [4.69, 9.17) is 5.14 Å². The quantitative estimate of drug-likeness (QED) is 0.840. The third-order valence-electron chi connectivity index (χ3n) is 3.57. The molecule has 20 heavy (non-hydrogen) atoms. The Bertz CT molecular complexity index is 796. The van der Waals surface area contributed by atoms with Crippen molar-refractivity contribution in [3.05, 3.63) is 24.5 Å². The van der Waals surface area contributed by atoms with Crippen LogP contribution in [0.2, 0.25) is 0 Å². The lowest BCUT2D eigenvalue weighted by atomic mass is 10.2. The predicted octanol–water partition coefficient (Wildman–Crippen LogP) is -0.0329.